The Bertz CT molecular complexity index is 122. The Kier molecular flexibility index (Phi) is 2.93. The zero-order valence-electron chi connectivity index (χ0n) is 4.20. The van der Waals surface area contributed by atoms with Crippen LogP contribution in [0.3, 0.4) is 0 Å². The van der Waals surface area contributed by atoms with Crippen molar-refractivity contribution in [2.75, 3.05) is 6.26 Å². The van der Waals surface area contributed by atoms with Crippen molar-refractivity contribution in [3.8, 4) is 0 Å². The molecule has 8 heavy (non-hydrogen) atoms. The Balaban J connectivity index is 3.75. The molecule has 0 aromatic carbocycles. The van der Waals surface area contributed by atoms with Crippen molar-refractivity contribution in [2.24, 2.45) is 10.8 Å². The molecule has 46 valence electrons. The van der Waals surface area contributed by atoms with E-state index in [1.807, 2.05) is 0 Å². The summed E-state index contributed by atoms with van der Waals surface area (Å²) in [6.07, 6.45) is 1.61. The molecule has 0 atom stereocenters. The van der Waals surface area contributed by atoms with E-state index < -0.39 is 5.03 Å². The summed E-state index contributed by atoms with van der Waals surface area (Å²) in [7, 11) is 0. The molecule has 0 rings (SSSR count). The molecule has 6 heteroatoms. The first kappa shape index (κ1) is 7.22. The van der Waals surface area contributed by atoms with Crippen molar-refractivity contribution in [3.63, 3.8) is 0 Å². The van der Waals surface area contributed by atoms with Crippen molar-refractivity contribution in [2.45, 2.75) is 0 Å². The predicted molar refractivity (Wildman–Crippen MR) is 32.1 cm³/mol. The molecule has 0 radical (unpaired) electrons. The highest BCUT2D eigenvalue weighted by atomic mass is 32.2. The van der Waals surface area contributed by atoms with E-state index in [-0.39, 0.29) is 5.17 Å². The molecule has 0 unspecified atom stereocenters. The average Bonchev–Trinajstić information content (AvgIpc) is 1.65. The predicted octanol–water partition coefficient (Wildman–Crippen LogP) is -0.144. The van der Waals surface area contributed by atoms with Gasteiger partial charge in [0.2, 0.25) is 5.17 Å². The minimum Gasteiger partial charge on any atom is -0.373 e. The van der Waals surface area contributed by atoms with Crippen LogP contribution in [0.15, 0.2) is 5.10 Å². The van der Waals surface area contributed by atoms with Gasteiger partial charge in [-0.1, -0.05) is 11.8 Å². The van der Waals surface area contributed by atoms with E-state index >= 15 is 0 Å². The van der Waals surface area contributed by atoms with E-state index in [9.17, 15) is 10.1 Å². The molecule has 0 aromatic heterocycles. The van der Waals surface area contributed by atoms with Crippen molar-refractivity contribution in [1.82, 2.24) is 0 Å². The van der Waals surface area contributed by atoms with Gasteiger partial charge in [-0.25, -0.2) is 10.1 Å². The SMILES string of the molecule is CS/[14C](N)=N/[N+](=O)[O-]. The van der Waals surface area contributed by atoms with Crippen LogP contribution in [0.2, 0.25) is 0 Å². The lowest BCUT2D eigenvalue weighted by atomic mass is 12.0. The number of hydrogen-bond donors (Lipinski definition) is 1. The summed E-state index contributed by atoms with van der Waals surface area (Å²) < 4.78 is 0. The fourth-order valence-corrected chi connectivity index (χ4v) is 0.270. The van der Waals surface area contributed by atoms with Gasteiger partial charge < -0.3 is 5.73 Å². The van der Waals surface area contributed by atoms with Gasteiger partial charge in [0.15, 0.2) is 5.03 Å². The van der Waals surface area contributed by atoms with Crippen LogP contribution >= 0.6 is 11.8 Å². The van der Waals surface area contributed by atoms with Crippen LogP contribution in [0.25, 0.3) is 0 Å². The van der Waals surface area contributed by atoms with Gasteiger partial charge in [0.25, 0.3) is 0 Å². The fraction of sp³-hybridized carbons (Fsp3) is 0.500. The molecule has 5 nitrogen and oxygen atoms in total. The van der Waals surface area contributed by atoms with Gasteiger partial charge >= 0.3 is 0 Å². The summed E-state index contributed by atoms with van der Waals surface area (Å²) in [5.41, 5.74) is 4.95. The van der Waals surface area contributed by atoms with Gasteiger partial charge in [-0.15, -0.1) is 0 Å². The van der Waals surface area contributed by atoms with Gasteiger partial charge in [-0.05, 0) is 6.26 Å². The Morgan fingerprint density at radius 2 is 2.50 bits per heavy atom. The van der Waals surface area contributed by atoms with Crippen LogP contribution in [0, 0.1) is 10.1 Å². The second kappa shape index (κ2) is 3.25. The second-order valence-electron chi connectivity index (χ2n) is 0.880. The molecular formula is C2H5N3O2S. The highest BCUT2D eigenvalue weighted by molar-refractivity contribution is 8.13. The van der Waals surface area contributed by atoms with E-state index in [1.165, 1.54) is 0 Å². The Morgan fingerprint density at radius 3 is 2.62 bits per heavy atom. The minimum atomic E-state index is -0.828. The lowest BCUT2D eigenvalue weighted by molar-refractivity contribution is -0.484. The van der Waals surface area contributed by atoms with E-state index in [4.69, 9.17) is 5.73 Å². The second-order valence-corrected chi connectivity index (χ2v) is 1.71. The lowest BCUT2D eigenvalue weighted by Gasteiger charge is -1.82. The van der Waals surface area contributed by atoms with Crippen molar-refractivity contribution >= 4 is 16.9 Å². The lowest BCUT2D eigenvalue weighted by Crippen LogP contribution is -2.07. The molecular weight excluding hydrogens is 132 g/mol. The molecule has 0 saturated carbocycles. The summed E-state index contributed by atoms with van der Waals surface area (Å²) in [4.78, 5) is 9.49. The zero-order chi connectivity index (χ0) is 6.57. The highest BCUT2D eigenvalue weighted by Gasteiger charge is 1.92. The summed E-state index contributed by atoms with van der Waals surface area (Å²) in [6.45, 7) is 0. The molecule has 0 bridgehead atoms. The molecule has 0 aliphatic heterocycles. The summed E-state index contributed by atoms with van der Waals surface area (Å²) in [6, 6.07) is 0. The first-order valence-electron chi connectivity index (χ1n) is 1.69. The monoisotopic (exact) mass is 137 g/mol. The first-order valence-corrected chi connectivity index (χ1v) is 2.91. The molecule has 0 spiro atoms. The average molecular weight is 137 g/mol. The van der Waals surface area contributed by atoms with E-state index in [0.717, 1.165) is 11.8 Å². The first-order chi connectivity index (χ1) is 3.66. The van der Waals surface area contributed by atoms with E-state index in [0.29, 0.717) is 0 Å². The molecule has 0 aromatic rings. The maximum Gasteiger partial charge on any atom is 0.232 e. The highest BCUT2D eigenvalue weighted by Crippen LogP contribution is 1.89. The quantitative estimate of drug-likeness (QED) is 0.236. The number of hydrogen-bond acceptors (Lipinski definition) is 3. The van der Waals surface area contributed by atoms with Crippen LogP contribution in [0.5, 0.6) is 0 Å². The number of thioether (sulfide) groups is 1. The fourth-order valence-electron chi connectivity index (χ4n) is 0.121. The van der Waals surface area contributed by atoms with Crippen molar-refractivity contribution in [3.05, 3.63) is 10.1 Å². The van der Waals surface area contributed by atoms with Crippen molar-refractivity contribution < 1.29 is 5.03 Å². The zero-order valence-corrected chi connectivity index (χ0v) is 5.01. The smallest absolute Gasteiger partial charge is 0.232 e. The minimum absolute atomic E-state index is 0.0324. The summed E-state index contributed by atoms with van der Waals surface area (Å²) >= 11 is 1.04. The molecule has 2 N–H and O–H groups in total. The standard InChI is InChI=1S/C2H5N3O2S/c1-8-2(3)4-5(6)7/h1H3,(H2,3,4)/i2+2. The third kappa shape index (κ3) is 3.41. The van der Waals surface area contributed by atoms with Gasteiger partial charge in [0.05, 0.1) is 5.10 Å². The third-order valence-corrected chi connectivity index (χ3v) is 0.889. The number of rotatable bonds is 1. The number of nitro groups is 1. The van der Waals surface area contributed by atoms with Crippen LogP contribution < -0.4 is 5.73 Å². The van der Waals surface area contributed by atoms with Crippen LogP contribution in [-0.2, 0) is 0 Å². The molecule has 0 fully saturated rings. The Hall–Kier alpha value is -0.780. The summed E-state index contributed by atoms with van der Waals surface area (Å²) in [5, 5.41) is 11.4. The number of amidine groups is 1. The topological polar surface area (TPSA) is 81.5 Å². The molecule has 0 amide bonds. The third-order valence-electron chi connectivity index (χ3n) is 0.389. The molecule has 0 heterocycles. The maximum atomic E-state index is 9.49. The molecule has 0 saturated heterocycles. The van der Waals surface area contributed by atoms with Crippen LogP contribution in [-0.4, -0.2) is 16.5 Å². The maximum absolute atomic E-state index is 9.49. The Labute approximate surface area is 50.1 Å². The van der Waals surface area contributed by atoms with Gasteiger partial charge in [-0.2, -0.15) is 0 Å². The largest absolute Gasteiger partial charge is 0.373 e. The number of hydrazone groups is 1. The molecule has 0 aliphatic carbocycles. The number of nitrogens with two attached hydrogens (primary N) is 1. The van der Waals surface area contributed by atoms with Gasteiger partial charge in [0, 0.05) is 0 Å². The Morgan fingerprint density at radius 1 is 2.00 bits per heavy atom. The summed E-state index contributed by atoms with van der Waals surface area (Å²) in [5.74, 6) is 0. The van der Waals surface area contributed by atoms with E-state index in [2.05, 4.69) is 5.10 Å². The molecule has 0 aliphatic rings. The van der Waals surface area contributed by atoms with Crippen LogP contribution in [0.4, 0.5) is 0 Å². The van der Waals surface area contributed by atoms with Crippen LogP contribution in [0.1, 0.15) is 0 Å². The van der Waals surface area contributed by atoms with E-state index in [1.54, 1.807) is 6.26 Å². The van der Waals surface area contributed by atoms with Gasteiger partial charge in [0.1, 0.15) is 0 Å². The van der Waals surface area contributed by atoms with Crippen molar-refractivity contribution in [1.29, 1.82) is 0 Å². The number of nitrogens with zero attached hydrogens (tertiary/aromatic N) is 2. The van der Waals surface area contributed by atoms with Gasteiger partial charge in [-0.3, -0.25) is 0 Å². The normalized spacial score (nSPS) is 11.4.